The molecule has 0 radical (unpaired) electrons. The van der Waals surface area contributed by atoms with E-state index in [1.165, 1.54) is 31.7 Å². The van der Waals surface area contributed by atoms with Crippen molar-refractivity contribution in [3.8, 4) is 11.5 Å². The number of anilines is 1. The second kappa shape index (κ2) is 7.73. The molecule has 124 valence electrons. The fourth-order valence-corrected chi connectivity index (χ4v) is 2.03. The summed E-state index contributed by atoms with van der Waals surface area (Å²) in [5.74, 6) is 0.387. The summed E-state index contributed by atoms with van der Waals surface area (Å²) in [6.45, 7) is 3.64. The molecule has 0 aliphatic heterocycles. The molecule has 0 saturated carbocycles. The van der Waals surface area contributed by atoms with Crippen LogP contribution in [0.15, 0.2) is 48.2 Å². The molecular weight excluding hydrogens is 312 g/mol. The highest BCUT2D eigenvalue weighted by Crippen LogP contribution is 2.31. The first-order valence-electron chi connectivity index (χ1n) is 6.96. The fraction of sp³-hybridized carbons (Fsp3) is 0.125. The number of hydrogen-bond donors (Lipinski definition) is 2. The lowest BCUT2D eigenvalue weighted by Gasteiger charge is -2.09. The monoisotopic (exact) mass is 328 g/mol. The molecule has 0 amide bonds. The summed E-state index contributed by atoms with van der Waals surface area (Å²) in [4.78, 5) is 14.2. The van der Waals surface area contributed by atoms with Gasteiger partial charge in [-0.3, -0.25) is 15.5 Å². The molecule has 8 nitrogen and oxygen atoms in total. The Morgan fingerprint density at radius 1 is 1.54 bits per heavy atom. The maximum Gasteiger partial charge on any atom is 0.313 e. The maximum atomic E-state index is 10.9. The molecule has 8 heteroatoms. The predicted molar refractivity (Wildman–Crippen MR) is 90.7 cm³/mol. The zero-order chi connectivity index (χ0) is 17.5. The number of nitro groups is 1. The second-order valence-electron chi connectivity index (χ2n) is 4.72. The van der Waals surface area contributed by atoms with Crippen molar-refractivity contribution in [1.29, 1.82) is 0 Å². The number of methoxy groups -OCH3 is 1. The van der Waals surface area contributed by atoms with Gasteiger partial charge in [0, 0.05) is 17.8 Å². The molecule has 1 aromatic carbocycles. The van der Waals surface area contributed by atoms with Gasteiger partial charge in [-0.05, 0) is 30.2 Å². The number of aromatic nitrogens is 1. The Hall–Kier alpha value is -3.42. The highest BCUT2D eigenvalue weighted by atomic mass is 16.6. The summed E-state index contributed by atoms with van der Waals surface area (Å²) in [5.41, 5.74) is 3.64. The van der Waals surface area contributed by atoms with E-state index in [2.05, 4.69) is 22.1 Å². The van der Waals surface area contributed by atoms with Gasteiger partial charge in [-0.1, -0.05) is 6.08 Å². The number of phenolic OH excluding ortho intramolecular Hbond substituents is 1. The lowest BCUT2D eigenvalue weighted by molar-refractivity contribution is -0.384. The molecule has 2 rings (SSSR count). The van der Waals surface area contributed by atoms with Crippen molar-refractivity contribution in [2.75, 3.05) is 12.5 Å². The Morgan fingerprint density at radius 3 is 3.00 bits per heavy atom. The quantitative estimate of drug-likeness (QED) is 0.350. The van der Waals surface area contributed by atoms with Crippen molar-refractivity contribution >= 4 is 17.7 Å². The van der Waals surface area contributed by atoms with Crippen LogP contribution in [0.3, 0.4) is 0 Å². The van der Waals surface area contributed by atoms with Crippen molar-refractivity contribution < 1.29 is 14.8 Å². The number of pyridine rings is 1. The molecule has 0 aliphatic carbocycles. The molecule has 0 spiro atoms. The Kier molecular flexibility index (Phi) is 5.45. The molecule has 1 aromatic heterocycles. The number of ether oxygens (including phenoxy) is 1. The van der Waals surface area contributed by atoms with E-state index in [1.807, 2.05) is 0 Å². The van der Waals surface area contributed by atoms with Crippen LogP contribution in [-0.4, -0.2) is 28.3 Å². The molecule has 0 fully saturated rings. The summed E-state index contributed by atoms with van der Waals surface area (Å²) in [5, 5.41) is 24.9. The van der Waals surface area contributed by atoms with Gasteiger partial charge in [-0.25, -0.2) is 4.98 Å². The molecule has 0 saturated heterocycles. The lowest BCUT2D eigenvalue weighted by Crippen LogP contribution is -1.99. The van der Waals surface area contributed by atoms with E-state index in [-0.39, 0.29) is 17.3 Å². The third-order valence-corrected chi connectivity index (χ3v) is 3.13. The summed E-state index contributed by atoms with van der Waals surface area (Å²) < 4.78 is 5.12. The Labute approximate surface area is 138 Å². The average Bonchev–Trinajstić information content (AvgIpc) is 2.58. The van der Waals surface area contributed by atoms with Crippen molar-refractivity contribution in [1.82, 2.24) is 4.98 Å². The normalized spacial score (nSPS) is 10.5. The van der Waals surface area contributed by atoms with E-state index < -0.39 is 4.92 Å². The van der Waals surface area contributed by atoms with Gasteiger partial charge < -0.3 is 9.84 Å². The Balaban J connectivity index is 2.25. The molecule has 0 bridgehead atoms. The minimum atomic E-state index is -0.545. The third-order valence-electron chi connectivity index (χ3n) is 3.13. The number of aromatic hydroxyl groups is 1. The summed E-state index contributed by atoms with van der Waals surface area (Å²) in [7, 11) is 1.45. The Bertz CT molecular complexity index is 790. The smallest absolute Gasteiger partial charge is 0.313 e. The average molecular weight is 328 g/mol. The van der Waals surface area contributed by atoms with Gasteiger partial charge in [0.25, 0.3) is 0 Å². The first kappa shape index (κ1) is 16.9. The van der Waals surface area contributed by atoms with E-state index in [4.69, 9.17) is 4.74 Å². The summed E-state index contributed by atoms with van der Waals surface area (Å²) in [6, 6.07) is 6.12. The number of hydrogen-bond acceptors (Lipinski definition) is 7. The lowest BCUT2D eigenvalue weighted by atomic mass is 10.1. The highest BCUT2D eigenvalue weighted by molar-refractivity contribution is 5.82. The van der Waals surface area contributed by atoms with Gasteiger partial charge in [0.2, 0.25) is 5.82 Å². The van der Waals surface area contributed by atoms with E-state index in [1.54, 1.807) is 18.2 Å². The number of allylic oxidation sites excluding steroid dienone is 1. The molecule has 1 heterocycles. The topological polar surface area (TPSA) is 110 Å². The first-order chi connectivity index (χ1) is 11.6. The van der Waals surface area contributed by atoms with Gasteiger partial charge in [-0.2, -0.15) is 5.10 Å². The standard InChI is InChI=1S/C16H16N4O4/c1-3-5-12-8-11(9-14(24-2)15(12)21)10-18-19-16-13(20(22)23)6-4-7-17-16/h3-4,6-10,21H,1,5H2,2H3,(H,17,19)/b18-10-. The van der Waals surface area contributed by atoms with E-state index in [0.29, 0.717) is 23.3 Å². The van der Waals surface area contributed by atoms with Crippen molar-refractivity contribution in [3.63, 3.8) is 0 Å². The van der Waals surface area contributed by atoms with Crippen LogP contribution in [0, 0.1) is 10.1 Å². The fourth-order valence-electron chi connectivity index (χ4n) is 2.03. The number of benzene rings is 1. The first-order valence-corrected chi connectivity index (χ1v) is 6.96. The zero-order valence-electron chi connectivity index (χ0n) is 13.0. The largest absolute Gasteiger partial charge is 0.504 e. The van der Waals surface area contributed by atoms with E-state index in [0.717, 1.165) is 0 Å². The van der Waals surface area contributed by atoms with E-state index >= 15 is 0 Å². The highest BCUT2D eigenvalue weighted by Gasteiger charge is 2.13. The van der Waals surface area contributed by atoms with Crippen LogP contribution in [0.1, 0.15) is 11.1 Å². The van der Waals surface area contributed by atoms with Crippen LogP contribution in [0.4, 0.5) is 11.5 Å². The van der Waals surface area contributed by atoms with Crippen LogP contribution in [0.2, 0.25) is 0 Å². The molecule has 0 aliphatic rings. The van der Waals surface area contributed by atoms with Gasteiger partial charge >= 0.3 is 5.69 Å². The van der Waals surface area contributed by atoms with Crippen LogP contribution in [0.5, 0.6) is 11.5 Å². The zero-order valence-corrected chi connectivity index (χ0v) is 13.0. The van der Waals surface area contributed by atoms with Crippen molar-refractivity contribution in [2.24, 2.45) is 5.10 Å². The van der Waals surface area contributed by atoms with Crippen LogP contribution in [-0.2, 0) is 6.42 Å². The van der Waals surface area contributed by atoms with Crippen LogP contribution in [0.25, 0.3) is 0 Å². The maximum absolute atomic E-state index is 10.9. The summed E-state index contributed by atoms with van der Waals surface area (Å²) in [6.07, 6.45) is 5.00. The minimum Gasteiger partial charge on any atom is -0.504 e. The number of phenols is 1. The predicted octanol–water partition coefficient (Wildman–Crippen LogP) is 2.88. The number of nitrogens with zero attached hydrogens (tertiary/aromatic N) is 3. The Morgan fingerprint density at radius 2 is 2.33 bits per heavy atom. The molecule has 0 atom stereocenters. The molecule has 0 unspecified atom stereocenters. The van der Waals surface area contributed by atoms with Crippen molar-refractivity contribution in [3.05, 3.63) is 64.4 Å². The van der Waals surface area contributed by atoms with Gasteiger partial charge in [0.05, 0.1) is 18.2 Å². The summed E-state index contributed by atoms with van der Waals surface area (Å²) >= 11 is 0. The molecule has 2 N–H and O–H groups in total. The third kappa shape index (κ3) is 3.86. The number of nitrogens with one attached hydrogen (secondary N) is 1. The van der Waals surface area contributed by atoms with Gasteiger partial charge in [0.15, 0.2) is 11.5 Å². The van der Waals surface area contributed by atoms with E-state index in [9.17, 15) is 15.2 Å². The molecule has 2 aromatic rings. The van der Waals surface area contributed by atoms with Gasteiger partial charge in [-0.15, -0.1) is 6.58 Å². The minimum absolute atomic E-state index is 0.0378. The SMILES string of the molecule is C=CCc1cc(/C=N\Nc2ncccc2[N+](=O)[O-])cc(OC)c1O. The van der Waals surface area contributed by atoms with Gasteiger partial charge in [0.1, 0.15) is 0 Å². The van der Waals surface area contributed by atoms with Crippen LogP contribution >= 0.6 is 0 Å². The van der Waals surface area contributed by atoms with Crippen molar-refractivity contribution in [2.45, 2.75) is 6.42 Å². The number of rotatable bonds is 7. The number of hydrazone groups is 1. The second-order valence-corrected chi connectivity index (χ2v) is 4.72. The van der Waals surface area contributed by atoms with Crippen LogP contribution < -0.4 is 10.2 Å². The molecular formula is C16H16N4O4. The molecule has 24 heavy (non-hydrogen) atoms.